The number of pyridine rings is 1. The van der Waals surface area contributed by atoms with Crippen molar-refractivity contribution in [2.75, 3.05) is 24.5 Å². The summed E-state index contributed by atoms with van der Waals surface area (Å²) in [6.07, 6.45) is 2.01. The molecule has 1 aromatic rings. The molecule has 0 amide bonds. The van der Waals surface area contributed by atoms with E-state index in [1.54, 1.807) is 0 Å². The van der Waals surface area contributed by atoms with Gasteiger partial charge in [-0.05, 0) is 24.5 Å². The van der Waals surface area contributed by atoms with Gasteiger partial charge < -0.3 is 10.2 Å². The van der Waals surface area contributed by atoms with Crippen molar-refractivity contribution in [1.82, 2.24) is 10.3 Å². The van der Waals surface area contributed by atoms with Crippen LogP contribution >= 0.6 is 0 Å². The van der Waals surface area contributed by atoms with Crippen molar-refractivity contribution in [2.45, 2.75) is 32.7 Å². The Hall–Kier alpha value is -1.09. The van der Waals surface area contributed by atoms with Crippen molar-refractivity contribution in [1.29, 1.82) is 0 Å². The lowest BCUT2D eigenvalue weighted by molar-refractivity contribution is 0.497. The minimum atomic E-state index is 0.533. The Morgan fingerprint density at radius 3 is 2.81 bits per heavy atom. The SMILES string of the molecule is CC(C)c1ccc(N2CCNC[C@@H]2C)nc1. The molecule has 0 spiro atoms. The van der Waals surface area contributed by atoms with E-state index < -0.39 is 0 Å². The Bertz CT molecular complexity index is 332. The molecule has 0 aromatic carbocycles. The Labute approximate surface area is 97.9 Å². The molecule has 0 unspecified atom stereocenters. The largest absolute Gasteiger partial charge is 0.351 e. The van der Waals surface area contributed by atoms with Crippen molar-refractivity contribution in [2.24, 2.45) is 0 Å². The molecular weight excluding hydrogens is 198 g/mol. The first-order valence-electron chi connectivity index (χ1n) is 6.12. The summed E-state index contributed by atoms with van der Waals surface area (Å²) in [5, 5.41) is 3.39. The molecule has 0 bridgehead atoms. The van der Waals surface area contributed by atoms with Crippen LogP contribution in [0.1, 0.15) is 32.3 Å². The van der Waals surface area contributed by atoms with E-state index in [1.807, 2.05) is 6.20 Å². The van der Waals surface area contributed by atoms with E-state index in [4.69, 9.17) is 0 Å². The van der Waals surface area contributed by atoms with E-state index >= 15 is 0 Å². The van der Waals surface area contributed by atoms with Gasteiger partial charge in [0.15, 0.2) is 0 Å². The number of aromatic nitrogens is 1. The van der Waals surface area contributed by atoms with Gasteiger partial charge in [-0.1, -0.05) is 19.9 Å². The fraction of sp³-hybridized carbons (Fsp3) is 0.615. The molecule has 1 atom stereocenters. The van der Waals surface area contributed by atoms with Gasteiger partial charge in [0.25, 0.3) is 0 Å². The molecule has 1 saturated heterocycles. The van der Waals surface area contributed by atoms with Gasteiger partial charge in [0.05, 0.1) is 0 Å². The first-order valence-corrected chi connectivity index (χ1v) is 6.12. The first-order chi connectivity index (χ1) is 7.68. The van der Waals surface area contributed by atoms with Crippen molar-refractivity contribution < 1.29 is 0 Å². The fourth-order valence-electron chi connectivity index (χ4n) is 2.09. The van der Waals surface area contributed by atoms with Gasteiger partial charge >= 0.3 is 0 Å². The molecule has 1 aromatic heterocycles. The predicted molar refractivity (Wildman–Crippen MR) is 68.0 cm³/mol. The lowest BCUT2D eigenvalue weighted by atomic mass is 10.1. The summed E-state index contributed by atoms with van der Waals surface area (Å²) in [6.45, 7) is 9.79. The quantitative estimate of drug-likeness (QED) is 0.824. The van der Waals surface area contributed by atoms with Gasteiger partial charge in [-0.3, -0.25) is 0 Å². The van der Waals surface area contributed by atoms with Crippen LogP contribution in [0.2, 0.25) is 0 Å². The van der Waals surface area contributed by atoms with Gasteiger partial charge in [0, 0.05) is 31.9 Å². The van der Waals surface area contributed by atoms with E-state index in [2.05, 4.69) is 48.1 Å². The standard InChI is InChI=1S/C13H21N3/c1-10(2)12-4-5-13(15-9-12)16-7-6-14-8-11(16)3/h4-5,9-11,14H,6-8H2,1-3H3/t11-/m0/s1. The Kier molecular flexibility index (Phi) is 3.44. The van der Waals surface area contributed by atoms with Gasteiger partial charge in [-0.25, -0.2) is 4.98 Å². The zero-order valence-electron chi connectivity index (χ0n) is 10.4. The topological polar surface area (TPSA) is 28.2 Å². The maximum atomic E-state index is 4.57. The third-order valence-electron chi connectivity index (χ3n) is 3.23. The zero-order valence-corrected chi connectivity index (χ0v) is 10.4. The number of nitrogens with one attached hydrogen (secondary N) is 1. The maximum absolute atomic E-state index is 4.57. The van der Waals surface area contributed by atoms with Crippen LogP contribution < -0.4 is 10.2 Å². The summed E-state index contributed by atoms with van der Waals surface area (Å²) >= 11 is 0. The molecule has 0 radical (unpaired) electrons. The van der Waals surface area contributed by atoms with Gasteiger partial charge in [0.1, 0.15) is 5.82 Å². The van der Waals surface area contributed by atoms with Crippen LogP contribution in [0.4, 0.5) is 5.82 Å². The van der Waals surface area contributed by atoms with Gasteiger partial charge in [-0.15, -0.1) is 0 Å². The van der Waals surface area contributed by atoms with Crippen molar-refractivity contribution >= 4 is 5.82 Å². The summed E-state index contributed by atoms with van der Waals surface area (Å²) in [4.78, 5) is 6.95. The molecule has 3 heteroatoms. The third-order valence-corrected chi connectivity index (χ3v) is 3.23. The summed E-state index contributed by atoms with van der Waals surface area (Å²) < 4.78 is 0. The minimum Gasteiger partial charge on any atom is -0.351 e. The highest BCUT2D eigenvalue weighted by atomic mass is 15.3. The number of hydrogen-bond acceptors (Lipinski definition) is 3. The molecular formula is C13H21N3. The lowest BCUT2D eigenvalue weighted by Crippen LogP contribution is -2.50. The average molecular weight is 219 g/mol. The second-order valence-corrected chi connectivity index (χ2v) is 4.85. The molecule has 1 N–H and O–H groups in total. The molecule has 0 aliphatic carbocycles. The molecule has 1 fully saturated rings. The van der Waals surface area contributed by atoms with Crippen LogP contribution in [-0.2, 0) is 0 Å². The molecule has 1 aliphatic heterocycles. The second kappa shape index (κ2) is 4.83. The summed E-state index contributed by atoms with van der Waals surface area (Å²) in [5.41, 5.74) is 1.31. The van der Waals surface area contributed by atoms with Gasteiger partial charge in [0.2, 0.25) is 0 Å². The molecule has 2 heterocycles. The van der Waals surface area contributed by atoms with Crippen LogP contribution in [0.3, 0.4) is 0 Å². The molecule has 3 nitrogen and oxygen atoms in total. The van der Waals surface area contributed by atoms with E-state index in [1.165, 1.54) is 5.56 Å². The van der Waals surface area contributed by atoms with Crippen LogP contribution in [0, 0.1) is 0 Å². The highest BCUT2D eigenvalue weighted by Crippen LogP contribution is 2.19. The normalized spacial score (nSPS) is 21.5. The number of hydrogen-bond donors (Lipinski definition) is 1. The highest BCUT2D eigenvalue weighted by molar-refractivity contribution is 5.41. The predicted octanol–water partition coefficient (Wildman–Crippen LogP) is 2.00. The van der Waals surface area contributed by atoms with Crippen LogP contribution in [0.15, 0.2) is 18.3 Å². The van der Waals surface area contributed by atoms with E-state index in [0.717, 1.165) is 25.5 Å². The molecule has 16 heavy (non-hydrogen) atoms. The number of anilines is 1. The zero-order chi connectivity index (χ0) is 11.5. The molecule has 2 rings (SSSR count). The number of nitrogens with zero attached hydrogens (tertiary/aromatic N) is 2. The van der Waals surface area contributed by atoms with Crippen LogP contribution in [-0.4, -0.2) is 30.7 Å². The van der Waals surface area contributed by atoms with E-state index in [9.17, 15) is 0 Å². The Morgan fingerprint density at radius 1 is 1.44 bits per heavy atom. The fourth-order valence-corrected chi connectivity index (χ4v) is 2.09. The lowest BCUT2D eigenvalue weighted by Gasteiger charge is -2.35. The Morgan fingerprint density at radius 2 is 2.25 bits per heavy atom. The molecule has 1 aliphatic rings. The smallest absolute Gasteiger partial charge is 0.128 e. The average Bonchev–Trinajstić information content (AvgIpc) is 2.30. The maximum Gasteiger partial charge on any atom is 0.128 e. The summed E-state index contributed by atoms with van der Waals surface area (Å²) in [7, 11) is 0. The van der Waals surface area contributed by atoms with E-state index in [0.29, 0.717) is 12.0 Å². The van der Waals surface area contributed by atoms with Crippen LogP contribution in [0.5, 0.6) is 0 Å². The third kappa shape index (κ3) is 2.35. The number of rotatable bonds is 2. The van der Waals surface area contributed by atoms with Crippen molar-refractivity contribution in [3.8, 4) is 0 Å². The summed E-state index contributed by atoms with van der Waals surface area (Å²) in [5.74, 6) is 1.67. The Balaban J connectivity index is 2.14. The second-order valence-electron chi connectivity index (χ2n) is 4.85. The van der Waals surface area contributed by atoms with Crippen LogP contribution in [0.25, 0.3) is 0 Å². The monoisotopic (exact) mass is 219 g/mol. The highest BCUT2D eigenvalue weighted by Gasteiger charge is 2.18. The van der Waals surface area contributed by atoms with E-state index in [-0.39, 0.29) is 0 Å². The number of piperazine rings is 1. The molecule has 0 saturated carbocycles. The van der Waals surface area contributed by atoms with Crippen molar-refractivity contribution in [3.63, 3.8) is 0 Å². The first kappa shape index (κ1) is 11.4. The molecule has 88 valence electrons. The van der Waals surface area contributed by atoms with Crippen molar-refractivity contribution in [3.05, 3.63) is 23.9 Å². The minimum absolute atomic E-state index is 0.533. The van der Waals surface area contributed by atoms with Gasteiger partial charge in [-0.2, -0.15) is 0 Å². The summed E-state index contributed by atoms with van der Waals surface area (Å²) in [6, 6.07) is 4.88.